The summed E-state index contributed by atoms with van der Waals surface area (Å²) in [7, 11) is 0. The molecule has 0 amide bonds. The Morgan fingerprint density at radius 1 is 1.00 bits per heavy atom. The Morgan fingerprint density at radius 2 is 1.33 bits per heavy atom. The third-order valence-corrected chi connectivity index (χ3v) is 0.586. The van der Waals surface area contributed by atoms with Gasteiger partial charge in [0.25, 0.3) is 19.4 Å². The smallest absolute Gasteiger partial charge is 0.290 e. The molecule has 0 aromatic carbocycles. The van der Waals surface area contributed by atoms with Crippen LogP contribution in [0.15, 0.2) is 18.2 Å². The summed E-state index contributed by atoms with van der Waals surface area (Å²) in [5.74, 6) is 0. The molecular weight excluding hydrogens is 240 g/mol. The van der Waals surface area contributed by atoms with Crippen LogP contribution in [0, 0.1) is 6.08 Å². The van der Waals surface area contributed by atoms with E-state index in [1.807, 2.05) is 12.2 Å². The van der Waals surface area contributed by atoms with E-state index in [1.54, 1.807) is 0 Å². The van der Waals surface area contributed by atoms with Gasteiger partial charge in [0.2, 0.25) is 0 Å². The van der Waals surface area contributed by atoms with Gasteiger partial charge in [-0.15, -0.1) is 6.42 Å². The summed E-state index contributed by atoms with van der Waals surface area (Å²) < 4.78 is 0. The fourth-order valence-corrected chi connectivity index (χ4v) is 0.340. The molecule has 3 N–H and O–H groups in total. The molecule has 1 aliphatic carbocycles. The largest absolute Gasteiger partial charge is 0.483 e. The first-order chi connectivity index (χ1) is 6.74. The first-order valence-electron chi connectivity index (χ1n) is 3.20. The summed E-state index contributed by atoms with van der Waals surface area (Å²) in [5.41, 5.74) is 0. The quantitative estimate of drug-likeness (QED) is 0.326. The van der Waals surface area contributed by atoms with Crippen LogP contribution < -0.4 is 0 Å². The topological polar surface area (TPSA) is 112 Å². The molecule has 0 heterocycles. The van der Waals surface area contributed by atoms with Gasteiger partial charge < -0.3 is 15.3 Å². The van der Waals surface area contributed by atoms with Crippen molar-refractivity contribution in [2.75, 3.05) is 0 Å². The van der Waals surface area contributed by atoms with E-state index < -0.39 is 0 Å². The van der Waals surface area contributed by atoms with Crippen LogP contribution >= 0.6 is 0 Å². The Morgan fingerprint density at radius 3 is 1.40 bits per heavy atom. The molecular formula is C8H11O6Ti-. The van der Waals surface area contributed by atoms with E-state index in [4.69, 9.17) is 29.7 Å². The molecule has 15 heavy (non-hydrogen) atoms. The Labute approximate surface area is 102 Å². The van der Waals surface area contributed by atoms with Crippen molar-refractivity contribution < 1.29 is 51.4 Å². The third-order valence-electron chi connectivity index (χ3n) is 0.586. The van der Waals surface area contributed by atoms with Crippen LogP contribution in [0.2, 0.25) is 0 Å². The molecule has 0 bridgehead atoms. The first-order valence-corrected chi connectivity index (χ1v) is 3.20. The van der Waals surface area contributed by atoms with E-state index >= 15 is 0 Å². The Bertz CT molecular complexity index is 154. The first kappa shape index (κ1) is 23.4. The molecule has 84 valence electrons. The predicted octanol–water partition coefficient (Wildman–Crippen LogP) is 0.406. The standard InChI is InChI=1S/C5H5.3CH2O2.Ti/c1-2-4-5-3-1;3*2-1-3;/h1-3H,4H2;3*1H,(H,2,3);/q-1;;;;. The van der Waals surface area contributed by atoms with Crippen molar-refractivity contribution in [2.24, 2.45) is 0 Å². The zero-order valence-electron chi connectivity index (χ0n) is 7.74. The van der Waals surface area contributed by atoms with Crippen LogP contribution in [0.25, 0.3) is 0 Å². The monoisotopic (exact) mass is 251 g/mol. The van der Waals surface area contributed by atoms with Gasteiger partial charge in [-0.3, -0.25) is 20.5 Å². The van der Waals surface area contributed by atoms with Crippen molar-refractivity contribution >= 4 is 19.4 Å². The molecule has 0 radical (unpaired) electrons. The Balaban J connectivity index is -0.0000000550. The minimum atomic E-state index is -0.250. The van der Waals surface area contributed by atoms with Crippen molar-refractivity contribution in [1.82, 2.24) is 0 Å². The fourth-order valence-electron chi connectivity index (χ4n) is 0.340. The van der Waals surface area contributed by atoms with Crippen molar-refractivity contribution in [3.63, 3.8) is 0 Å². The van der Waals surface area contributed by atoms with Crippen LogP contribution in [-0.4, -0.2) is 34.7 Å². The molecule has 0 aliphatic heterocycles. The molecule has 0 saturated carbocycles. The number of carboxylic acid groups (broad SMARTS) is 3. The second-order valence-electron chi connectivity index (χ2n) is 1.32. The molecule has 0 fully saturated rings. The molecule has 0 spiro atoms. The normalized spacial score (nSPS) is 8.27. The summed E-state index contributed by atoms with van der Waals surface area (Å²) in [5, 5.41) is 20.7. The van der Waals surface area contributed by atoms with Crippen LogP contribution in [0.4, 0.5) is 0 Å². The van der Waals surface area contributed by atoms with Gasteiger partial charge in [-0.05, 0) is 0 Å². The van der Waals surface area contributed by atoms with Gasteiger partial charge in [-0.1, -0.05) is 0 Å². The summed E-state index contributed by atoms with van der Waals surface area (Å²) in [6.07, 6.45) is 10.0. The molecule has 6 nitrogen and oxygen atoms in total. The van der Waals surface area contributed by atoms with Crippen molar-refractivity contribution in [3.8, 4) is 0 Å². The van der Waals surface area contributed by atoms with Gasteiger partial charge >= 0.3 is 0 Å². The van der Waals surface area contributed by atoms with E-state index in [1.165, 1.54) is 0 Å². The summed E-state index contributed by atoms with van der Waals surface area (Å²) in [4.78, 5) is 25.1. The van der Waals surface area contributed by atoms with E-state index in [0.29, 0.717) is 0 Å². The molecule has 1 rings (SSSR count). The maximum Gasteiger partial charge on any atom is 0.290 e. The zero-order valence-corrected chi connectivity index (χ0v) is 9.30. The molecule has 0 aromatic heterocycles. The molecule has 0 saturated heterocycles. The van der Waals surface area contributed by atoms with E-state index in [0.717, 1.165) is 6.42 Å². The number of rotatable bonds is 0. The minimum absolute atomic E-state index is 0. The van der Waals surface area contributed by atoms with Gasteiger partial charge in [-0.2, -0.15) is 6.08 Å². The number of carbonyl (C=O) groups is 3. The predicted molar refractivity (Wildman–Crippen MR) is 47.6 cm³/mol. The van der Waals surface area contributed by atoms with E-state index in [9.17, 15) is 0 Å². The molecule has 0 atom stereocenters. The van der Waals surface area contributed by atoms with Crippen LogP contribution in [0.1, 0.15) is 6.42 Å². The SMILES string of the molecule is O=CO.O=CO.O=CO.[C-]1=CC=CC1.[Ti]. The summed E-state index contributed by atoms with van der Waals surface area (Å²) in [6.45, 7) is -0.750. The maximum atomic E-state index is 8.36. The summed E-state index contributed by atoms with van der Waals surface area (Å²) in [6, 6.07) is 0. The number of allylic oxidation sites excluding steroid dienone is 4. The summed E-state index contributed by atoms with van der Waals surface area (Å²) >= 11 is 0. The Kier molecular flexibility index (Phi) is 60.8. The molecule has 1 aliphatic rings. The van der Waals surface area contributed by atoms with Gasteiger partial charge in [-0.25, -0.2) is 12.2 Å². The number of hydrogen-bond donors (Lipinski definition) is 3. The number of hydrogen-bond acceptors (Lipinski definition) is 3. The third kappa shape index (κ3) is 109. The zero-order chi connectivity index (χ0) is 11.7. The molecule has 7 heteroatoms. The van der Waals surface area contributed by atoms with Crippen molar-refractivity contribution in [1.29, 1.82) is 0 Å². The van der Waals surface area contributed by atoms with Gasteiger partial charge in [0.05, 0.1) is 0 Å². The van der Waals surface area contributed by atoms with Crippen molar-refractivity contribution in [3.05, 3.63) is 24.3 Å². The van der Waals surface area contributed by atoms with Crippen LogP contribution in [-0.2, 0) is 36.1 Å². The van der Waals surface area contributed by atoms with Gasteiger partial charge in [0, 0.05) is 21.7 Å². The van der Waals surface area contributed by atoms with Crippen LogP contribution in [0.5, 0.6) is 0 Å². The average molecular weight is 251 g/mol. The van der Waals surface area contributed by atoms with E-state index in [2.05, 4.69) is 12.2 Å². The molecule has 0 aromatic rings. The van der Waals surface area contributed by atoms with Crippen molar-refractivity contribution in [2.45, 2.75) is 6.42 Å². The van der Waals surface area contributed by atoms with Crippen LogP contribution in [0.3, 0.4) is 0 Å². The van der Waals surface area contributed by atoms with Gasteiger partial charge in [0.15, 0.2) is 0 Å². The fraction of sp³-hybridized carbons (Fsp3) is 0.125. The van der Waals surface area contributed by atoms with E-state index in [-0.39, 0.29) is 41.1 Å². The van der Waals surface area contributed by atoms with Gasteiger partial charge in [0.1, 0.15) is 0 Å². The molecule has 0 unspecified atom stereocenters. The maximum absolute atomic E-state index is 8.36. The average Bonchev–Trinajstić information content (AvgIpc) is 2.63. The second kappa shape index (κ2) is 38.9. The second-order valence-corrected chi connectivity index (χ2v) is 1.32. The Hall–Kier alpha value is -1.40. The minimum Gasteiger partial charge on any atom is -0.483 e.